The number of ether oxygens (including phenoxy) is 1. The van der Waals surface area contributed by atoms with E-state index < -0.39 is 177 Å². The first-order chi connectivity index (χ1) is 40.8. The largest absolute Gasteiger partial charge is 0.508 e. The number of carbonyl (C=O) groups is 8. The first-order valence-electron chi connectivity index (χ1n) is 30.5. The summed E-state index contributed by atoms with van der Waals surface area (Å²) in [5, 5.41) is 105. The molecule has 2 bridgehead atoms. The van der Waals surface area contributed by atoms with Gasteiger partial charge in [0.25, 0.3) is 0 Å². The minimum atomic E-state index is -2.33. The first kappa shape index (κ1) is 72.8. The van der Waals surface area contributed by atoms with Crippen molar-refractivity contribution in [2.24, 2.45) is 35.0 Å². The molecule has 28 heteroatoms. The SMILES string of the molecule is CCC(C)CC(C)CCCCCCCCC(=O)NC1C[C@@H](O)[C@@H](OCCN)NC(=O)C2CN(C[C@@H]2O)C(=O)[C@H]([C@H](O)CCNC(=O)[C@@H](N)CCCCN)NC(=O)[C@H]([C@H](O)[C@@H](O)c2ccc(O)cc2)NC(=O)C2C[C@@H](O)CN2C(=O)[C@H]([C@@H](C)O)NC1=O. The fraction of sp³-hybridized carbons (Fsp3) is 0.759. The summed E-state index contributed by atoms with van der Waals surface area (Å²) in [6.45, 7) is 5.73. The lowest BCUT2D eigenvalue weighted by Crippen LogP contribution is -2.64. The van der Waals surface area contributed by atoms with Gasteiger partial charge in [0, 0.05) is 52.0 Å². The summed E-state index contributed by atoms with van der Waals surface area (Å²) in [6, 6.07) is -5.95. The molecular weight excluding hydrogens is 1120 g/mol. The van der Waals surface area contributed by atoms with Crippen LogP contribution in [-0.4, -0.2) is 223 Å². The number of aromatic hydroxyl groups is 1. The van der Waals surface area contributed by atoms with Crippen molar-refractivity contribution < 1.29 is 83.9 Å². The Bertz CT molecular complexity index is 2320. The molecular formula is C58H99N11O17. The number of aliphatic hydroxyl groups is 7. The summed E-state index contributed by atoms with van der Waals surface area (Å²) in [6.07, 6.45) is -6.42. The van der Waals surface area contributed by atoms with Crippen LogP contribution >= 0.6 is 0 Å². The van der Waals surface area contributed by atoms with Gasteiger partial charge in [-0.05, 0) is 75.1 Å². The predicted molar refractivity (Wildman–Crippen MR) is 313 cm³/mol. The molecule has 488 valence electrons. The third kappa shape index (κ3) is 22.5. The zero-order valence-electron chi connectivity index (χ0n) is 50.3. The van der Waals surface area contributed by atoms with E-state index in [2.05, 4.69) is 52.7 Å². The molecule has 17 atom stereocenters. The van der Waals surface area contributed by atoms with Gasteiger partial charge < -0.3 is 104 Å². The Morgan fingerprint density at radius 3 is 1.99 bits per heavy atom. The number of aliphatic hydroxyl groups excluding tert-OH is 7. The predicted octanol–water partition coefficient (Wildman–Crippen LogP) is -3.41. The van der Waals surface area contributed by atoms with Crippen LogP contribution in [0.4, 0.5) is 0 Å². The molecule has 4 rings (SSSR count). The van der Waals surface area contributed by atoms with Crippen LogP contribution in [0.2, 0.25) is 0 Å². The van der Waals surface area contributed by atoms with E-state index in [0.717, 1.165) is 67.4 Å². The molecule has 1 aromatic rings. The highest BCUT2D eigenvalue weighted by Gasteiger charge is 2.48. The summed E-state index contributed by atoms with van der Waals surface area (Å²) in [5.74, 6) is -8.70. The lowest BCUT2D eigenvalue weighted by molar-refractivity contribution is -0.147. The minimum Gasteiger partial charge on any atom is -0.508 e. The number of carbonyl (C=O) groups excluding carboxylic acids is 8. The quantitative estimate of drug-likeness (QED) is 0.0348. The molecule has 0 aliphatic carbocycles. The van der Waals surface area contributed by atoms with E-state index in [4.69, 9.17) is 21.9 Å². The maximum Gasteiger partial charge on any atom is 0.248 e. The summed E-state index contributed by atoms with van der Waals surface area (Å²) in [4.78, 5) is 116. The van der Waals surface area contributed by atoms with Crippen molar-refractivity contribution in [1.82, 2.24) is 41.7 Å². The third-order valence-electron chi connectivity index (χ3n) is 16.4. The summed E-state index contributed by atoms with van der Waals surface area (Å²) in [7, 11) is 0. The number of phenols is 1. The van der Waals surface area contributed by atoms with Gasteiger partial charge in [0.05, 0.1) is 43.0 Å². The Balaban J connectivity index is 1.73. The molecule has 3 saturated heterocycles. The van der Waals surface area contributed by atoms with E-state index >= 15 is 0 Å². The van der Waals surface area contributed by atoms with E-state index in [0.29, 0.717) is 44.1 Å². The second-order valence-electron chi connectivity index (χ2n) is 23.6. The van der Waals surface area contributed by atoms with E-state index in [1.54, 1.807) is 0 Å². The van der Waals surface area contributed by atoms with Gasteiger partial charge in [0.1, 0.15) is 54.3 Å². The number of amides is 8. The average Bonchev–Trinajstić information content (AvgIpc) is 3.71. The maximum absolute atomic E-state index is 14.7. The summed E-state index contributed by atoms with van der Waals surface area (Å²) in [5.41, 5.74) is 17.3. The standard InChI is InChI=1S/C58H99N11O17/c1-5-32(2)26-33(3)14-10-8-6-7-9-11-16-45(76)63-40-28-43(74)56(86-25-23-60)67-51(79)38-30-68(31-44(38)75)57(84)47(42(73)21-24-62-52(80)39(61)15-12-13-22-59)65-55(83)48(50(78)49(77)35-17-19-36(71)20-18-35)66-54(82)41-27-37(72)29-69(41)58(85)46(34(4)70)64-53(40)81/h17-20,32-34,37-44,46-50,56,70-75,77-78H,5-16,21-31,59-61H2,1-4H3,(H,62,80)(H,63,76)(H,64,81)(H,65,83)(H,66,82)(H,67,79)/t32?,33?,34-,37-,38?,39+,40?,41?,42-,43-,44+,46+,47+,48+,49+,50+,56-/m1/s1. The number of benzene rings is 1. The van der Waals surface area contributed by atoms with Gasteiger partial charge in [-0.3, -0.25) is 38.4 Å². The minimum absolute atomic E-state index is 0.0511. The number of hydrogen-bond donors (Lipinski definition) is 17. The number of hydrogen-bond acceptors (Lipinski definition) is 20. The molecule has 3 aliphatic heterocycles. The summed E-state index contributed by atoms with van der Waals surface area (Å²) >= 11 is 0. The monoisotopic (exact) mass is 1220 g/mol. The average molecular weight is 1220 g/mol. The van der Waals surface area contributed by atoms with Gasteiger partial charge in [0.15, 0.2) is 6.23 Å². The first-order valence-corrected chi connectivity index (χ1v) is 30.5. The number of fused-ring (bicyclic) bond motifs is 3. The molecule has 86 heavy (non-hydrogen) atoms. The Labute approximate surface area is 503 Å². The molecule has 0 radical (unpaired) electrons. The van der Waals surface area contributed by atoms with Crippen LogP contribution in [0, 0.1) is 17.8 Å². The van der Waals surface area contributed by atoms with Crippen LogP contribution < -0.4 is 49.1 Å². The van der Waals surface area contributed by atoms with Crippen molar-refractivity contribution >= 4 is 47.3 Å². The third-order valence-corrected chi connectivity index (χ3v) is 16.4. The van der Waals surface area contributed by atoms with Gasteiger partial charge in [-0.1, -0.05) is 84.3 Å². The smallest absolute Gasteiger partial charge is 0.248 e. The second kappa shape index (κ2) is 36.6. The molecule has 20 N–H and O–H groups in total. The van der Waals surface area contributed by atoms with Crippen molar-refractivity contribution in [3.8, 4) is 5.75 Å². The molecule has 0 spiro atoms. The fourth-order valence-electron chi connectivity index (χ4n) is 11.0. The number of phenolic OH excluding ortho intramolecular Hbond substituents is 1. The molecule has 3 fully saturated rings. The van der Waals surface area contributed by atoms with E-state index in [9.17, 15) is 79.2 Å². The number of unbranched alkanes of at least 4 members (excludes halogenated alkanes) is 6. The molecule has 8 amide bonds. The van der Waals surface area contributed by atoms with Gasteiger partial charge in [-0.2, -0.15) is 0 Å². The topological polar surface area (TPSA) is 464 Å². The zero-order chi connectivity index (χ0) is 63.8. The van der Waals surface area contributed by atoms with Gasteiger partial charge in [0.2, 0.25) is 47.3 Å². The van der Waals surface area contributed by atoms with E-state index in [1.165, 1.54) is 18.6 Å². The normalized spacial score (nSPS) is 27.2. The van der Waals surface area contributed by atoms with Gasteiger partial charge in [-0.15, -0.1) is 0 Å². The molecule has 0 saturated carbocycles. The van der Waals surface area contributed by atoms with Crippen molar-refractivity contribution in [2.75, 3.05) is 45.9 Å². The highest BCUT2D eigenvalue weighted by molar-refractivity contribution is 5.97. The van der Waals surface area contributed by atoms with Gasteiger partial charge >= 0.3 is 0 Å². The van der Waals surface area contributed by atoms with E-state index in [-0.39, 0.29) is 43.9 Å². The van der Waals surface area contributed by atoms with Crippen LogP contribution in [0.5, 0.6) is 5.75 Å². The maximum atomic E-state index is 14.7. The number of nitrogens with two attached hydrogens (primary N) is 3. The second-order valence-corrected chi connectivity index (χ2v) is 23.6. The Hall–Kier alpha value is -5.66. The number of nitrogens with zero attached hydrogens (tertiary/aromatic N) is 2. The summed E-state index contributed by atoms with van der Waals surface area (Å²) < 4.78 is 5.75. The molecule has 1 aromatic carbocycles. The number of rotatable bonds is 29. The van der Waals surface area contributed by atoms with Crippen molar-refractivity contribution in [3.05, 3.63) is 29.8 Å². The fourth-order valence-corrected chi connectivity index (χ4v) is 11.0. The van der Waals surface area contributed by atoms with Crippen LogP contribution in [0.3, 0.4) is 0 Å². The zero-order valence-corrected chi connectivity index (χ0v) is 50.3. The molecule has 3 aliphatic rings. The Kier molecular flexibility index (Phi) is 31.0. The van der Waals surface area contributed by atoms with Crippen molar-refractivity contribution in [3.63, 3.8) is 0 Å². The molecule has 0 aromatic heterocycles. The van der Waals surface area contributed by atoms with Crippen LogP contribution in [0.15, 0.2) is 24.3 Å². The molecule has 28 nitrogen and oxygen atoms in total. The van der Waals surface area contributed by atoms with Gasteiger partial charge in [-0.25, -0.2) is 0 Å². The number of nitrogens with one attached hydrogen (secondary N) is 6. The van der Waals surface area contributed by atoms with Crippen molar-refractivity contribution in [1.29, 1.82) is 0 Å². The highest BCUT2D eigenvalue weighted by atomic mass is 16.5. The lowest BCUT2D eigenvalue weighted by Gasteiger charge is -2.34. The lowest BCUT2D eigenvalue weighted by atomic mass is 9.91. The van der Waals surface area contributed by atoms with Crippen molar-refractivity contribution in [2.45, 2.75) is 216 Å². The molecule has 3 heterocycles. The van der Waals surface area contributed by atoms with E-state index in [1.807, 2.05) is 0 Å². The van der Waals surface area contributed by atoms with Crippen LogP contribution in [-0.2, 0) is 43.1 Å². The Morgan fingerprint density at radius 1 is 0.698 bits per heavy atom. The Morgan fingerprint density at radius 2 is 1.34 bits per heavy atom. The molecule has 5 unspecified atom stereocenters. The van der Waals surface area contributed by atoms with Crippen LogP contribution in [0.1, 0.15) is 142 Å². The highest BCUT2D eigenvalue weighted by Crippen LogP contribution is 2.27. The van der Waals surface area contributed by atoms with Crippen LogP contribution in [0.25, 0.3) is 0 Å².